The molecule has 0 radical (unpaired) electrons. The minimum absolute atomic E-state index is 0.0505. The number of nitriles is 1. The minimum Gasteiger partial charge on any atom is -0.337 e. The lowest BCUT2D eigenvalue weighted by atomic mass is 9.90. The van der Waals surface area contributed by atoms with Crippen LogP contribution in [0.1, 0.15) is 30.5 Å². The number of nitrogens with zero attached hydrogens (tertiary/aromatic N) is 2. The van der Waals surface area contributed by atoms with Gasteiger partial charge in [-0.25, -0.2) is 0 Å². The highest BCUT2D eigenvalue weighted by Crippen LogP contribution is 2.18. The van der Waals surface area contributed by atoms with Crippen molar-refractivity contribution in [1.29, 1.82) is 5.26 Å². The van der Waals surface area contributed by atoms with E-state index in [0.29, 0.717) is 0 Å². The first-order valence-corrected chi connectivity index (χ1v) is 9.68. The predicted octanol–water partition coefficient (Wildman–Crippen LogP) is 3.87. The Morgan fingerprint density at radius 2 is 1.79 bits per heavy atom. The first kappa shape index (κ1) is 18.7. The van der Waals surface area contributed by atoms with Crippen molar-refractivity contribution < 1.29 is 4.79 Å². The van der Waals surface area contributed by atoms with Gasteiger partial charge in [-0.05, 0) is 35.7 Å². The Morgan fingerprint density at radius 1 is 1.25 bits per heavy atom. The number of amides is 1. The van der Waals surface area contributed by atoms with Gasteiger partial charge in [0.1, 0.15) is 5.54 Å². The lowest BCUT2D eigenvalue weighted by molar-refractivity contribution is -0.124. The maximum atomic E-state index is 12.5. The van der Waals surface area contributed by atoms with E-state index in [2.05, 4.69) is 28.4 Å². The molecule has 1 N–H and O–H groups in total. The standard InChI is InChI=1S/C18H23N3OS2/c1-14(2)18(3,13-19)20-17(22)12-21(10-15-6-4-8-23-15)11-16-7-5-9-24-16/h4-9,14H,10-12H2,1-3H3,(H,20,22)/t18-/m0/s1. The van der Waals surface area contributed by atoms with Gasteiger partial charge in [0.25, 0.3) is 0 Å². The Morgan fingerprint density at radius 3 is 2.17 bits per heavy atom. The van der Waals surface area contributed by atoms with Crippen molar-refractivity contribution in [2.45, 2.75) is 39.4 Å². The van der Waals surface area contributed by atoms with E-state index >= 15 is 0 Å². The van der Waals surface area contributed by atoms with Crippen LogP contribution in [0.5, 0.6) is 0 Å². The third kappa shape index (κ3) is 5.17. The van der Waals surface area contributed by atoms with E-state index in [1.807, 2.05) is 36.7 Å². The average Bonchev–Trinajstić information content (AvgIpc) is 3.20. The number of carbonyl (C=O) groups excluding carboxylic acids is 1. The summed E-state index contributed by atoms with van der Waals surface area (Å²) in [5.74, 6) is -0.0599. The zero-order valence-electron chi connectivity index (χ0n) is 14.3. The molecule has 128 valence electrons. The summed E-state index contributed by atoms with van der Waals surface area (Å²) in [6, 6.07) is 10.4. The Hall–Kier alpha value is -1.68. The first-order valence-electron chi connectivity index (χ1n) is 7.92. The molecule has 24 heavy (non-hydrogen) atoms. The van der Waals surface area contributed by atoms with Crippen molar-refractivity contribution >= 4 is 28.6 Å². The summed E-state index contributed by atoms with van der Waals surface area (Å²) in [5, 5.41) is 16.4. The van der Waals surface area contributed by atoms with E-state index in [-0.39, 0.29) is 18.4 Å². The van der Waals surface area contributed by atoms with Crippen LogP contribution in [-0.2, 0) is 17.9 Å². The van der Waals surface area contributed by atoms with Gasteiger partial charge in [0, 0.05) is 22.8 Å². The quantitative estimate of drug-likeness (QED) is 0.776. The van der Waals surface area contributed by atoms with Crippen LogP contribution in [-0.4, -0.2) is 22.9 Å². The molecule has 0 aliphatic carbocycles. The lowest BCUT2D eigenvalue weighted by Crippen LogP contribution is -2.51. The number of rotatable bonds is 8. The molecule has 2 aromatic rings. The van der Waals surface area contributed by atoms with Gasteiger partial charge in [0.05, 0.1) is 12.6 Å². The molecule has 6 heteroatoms. The van der Waals surface area contributed by atoms with Gasteiger partial charge < -0.3 is 5.32 Å². The SMILES string of the molecule is CC(C)[C@](C)(C#N)NC(=O)CN(Cc1cccs1)Cc1cccs1. The molecule has 2 rings (SSSR count). The topological polar surface area (TPSA) is 56.1 Å². The van der Waals surface area contributed by atoms with E-state index in [9.17, 15) is 10.1 Å². The second kappa shape index (κ2) is 8.43. The van der Waals surface area contributed by atoms with Crippen molar-refractivity contribution in [2.75, 3.05) is 6.54 Å². The fraction of sp³-hybridized carbons (Fsp3) is 0.444. The maximum absolute atomic E-state index is 12.5. The number of carbonyl (C=O) groups is 1. The molecule has 1 amide bonds. The van der Waals surface area contributed by atoms with E-state index < -0.39 is 5.54 Å². The molecular formula is C18H23N3OS2. The molecule has 0 spiro atoms. The van der Waals surface area contributed by atoms with Crippen LogP contribution in [0.2, 0.25) is 0 Å². The molecule has 0 saturated heterocycles. The van der Waals surface area contributed by atoms with E-state index in [4.69, 9.17) is 0 Å². The highest BCUT2D eigenvalue weighted by atomic mass is 32.1. The molecular weight excluding hydrogens is 338 g/mol. The smallest absolute Gasteiger partial charge is 0.235 e. The normalized spacial score (nSPS) is 13.7. The average molecular weight is 362 g/mol. The summed E-state index contributed by atoms with van der Waals surface area (Å²) < 4.78 is 0. The fourth-order valence-corrected chi connectivity index (χ4v) is 3.74. The zero-order chi connectivity index (χ0) is 17.6. The van der Waals surface area contributed by atoms with Gasteiger partial charge in [0.2, 0.25) is 5.91 Å². The fourth-order valence-electron chi connectivity index (χ4n) is 2.25. The van der Waals surface area contributed by atoms with Crippen molar-refractivity contribution in [3.8, 4) is 6.07 Å². The van der Waals surface area contributed by atoms with Gasteiger partial charge in [-0.1, -0.05) is 26.0 Å². The molecule has 1 atom stereocenters. The van der Waals surface area contributed by atoms with Crippen LogP contribution in [0.4, 0.5) is 0 Å². The summed E-state index contributed by atoms with van der Waals surface area (Å²) in [5.41, 5.74) is -0.839. The molecule has 0 fully saturated rings. The monoisotopic (exact) mass is 361 g/mol. The second-order valence-electron chi connectivity index (χ2n) is 6.32. The molecule has 2 heterocycles. The van der Waals surface area contributed by atoms with Crippen LogP contribution in [0, 0.1) is 17.2 Å². The van der Waals surface area contributed by atoms with Crippen LogP contribution < -0.4 is 5.32 Å². The minimum atomic E-state index is -0.839. The highest BCUT2D eigenvalue weighted by Gasteiger charge is 2.30. The summed E-state index contributed by atoms with van der Waals surface area (Å²) in [4.78, 5) is 17.1. The predicted molar refractivity (Wildman–Crippen MR) is 99.8 cm³/mol. The molecule has 0 aliphatic heterocycles. The van der Waals surface area contributed by atoms with Gasteiger partial charge in [-0.2, -0.15) is 5.26 Å². The third-order valence-corrected chi connectivity index (χ3v) is 5.79. The Balaban J connectivity index is 2.04. The molecule has 0 unspecified atom stereocenters. The summed E-state index contributed by atoms with van der Waals surface area (Å²) in [7, 11) is 0. The zero-order valence-corrected chi connectivity index (χ0v) is 15.9. The molecule has 0 saturated carbocycles. The highest BCUT2D eigenvalue weighted by molar-refractivity contribution is 7.10. The third-order valence-electron chi connectivity index (χ3n) is 4.07. The van der Waals surface area contributed by atoms with Crippen molar-refractivity contribution in [2.24, 2.45) is 5.92 Å². The molecule has 0 bridgehead atoms. The number of thiophene rings is 2. The molecule has 0 aromatic carbocycles. The Kier molecular flexibility index (Phi) is 6.55. The van der Waals surface area contributed by atoms with Crippen LogP contribution >= 0.6 is 22.7 Å². The van der Waals surface area contributed by atoms with Crippen LogP contribution in [0.25, 0.3) is 0 Å². The summed E-state index contributed by atoms with van der Waals surface area (Å²) >= 11 is 3.38. The Labute approximate surface area is 151 Å². The van der Waals surface area contributed by atoms with E-state index in [1.54, 1.807) is 29.6 Å². The van der Waals surface area contributed by atoms with Crippen molar-refractivity contribution in [3.05, 3.63) is 44.8 Å². The van der Waals surface area contributed by atoms with E-state index in [1.165, 1.54) is 9.75 Å². The maximum Gasteiger partial charge on any atom is 0.235 e. The van der Waals surface area contributed by atoms with E-state index in [0.717, 1.165) is 13.1 Å². The number of hydrogen-bond acceptors (Lipinski definition) is 5. The van der Waals surface area contributed by atoms with Gasteiger partial charge in [0.15, 0.2) is 0 Å². The first-order chi connectivity index (χ1) is 11.4. The van der Waals surface area contributed by atoms with Crippen molar-refractivity contribution in [3.63, 3.8) is 0 Å². The molecule has 2 aromatic heterocycles. The Bertz CT molecular complexity index is 637. The van der Waals surface area contributed by atoms with Crippen molar-refractivity contribution in [1.82, 2.24) is 10.2 Å². The number of hydrogen-bond donors (Lipinski definition) is 1. The lowest BCUT2D eigenvalue weighted by Gasteiger charge is -2.29. The van der Waals surface area contributed by atoms with Gasteiger partial charge >= 0.3 is 0 Å². The van der Waals surface area contributed by atoms with Gasteiger partial charge in [-0.15, -0.1) is 22.7 Å². The van der Waals surface area contributed by atoms with Crippen LogP contribution in [0.15, 0.2) is 35.0 Å². The summed E-state index contributed by atoms with van der Waals surface area (Å²) in [6.07, 6.45) is 0. The molecule has 0 aliphatic rings. The number of nitrogens with one attached hydrogen (secondary N) is 1. The van der Waals surface area contributed by atoms with Gasteiger partial charge in [-0.3, -0.25) is 9.69 Å². The molecule has 4 nitrogen and oxygen atoms in total. The largest absolute Gasteiger partial charge is 0.337 e. The van der Waals surface area contributed by atoms with Crippen LogP contribution in [0.3, 0.4) is 0 Å². The second-order valence-corrected chi connectivity index (χ2v) is 8.39. The summed E-state index contributed by atoms with van der Waals surface area (Å²) in [6.45, 7) is 7.40.